The largest absolute Gasteiger partial charge is 0.395 e. The summed E-state index contributed by atoms with van der Waals surface area (Å²) in [5.74, 6) is 0.110. The molecule has 0 aliphatic carbocycles. The first-order chi connectivity index (χ1) is 10.7. The molecule has 1 aromatic carbocycles. The number of carbonyl (C=O) groups excluding carboxylic acids is 1. The first-order valence-corrected chi connectivity index (χ1v) is 8.04. The highest BCUT2D eigenvalue weighted by Gasteiger charge is 2.29. The van der Waals surface area contributed by atoms with Crippen LogP contribution in [0, 0.1) is 0 Å². The molecule has 2 atom stereocenters. The molecule has 0 aromatic heterocycles. The van der Waals surface area contributed by atoms with Crippen LogP contribution in [-0.2, 0) is 11.3 Å². The Balaban J connectivity index is 0.00000264. The molecule has 1 aliphatic heterocycles. The van der Waals surface area contributed by atoms with Crippen LogP contribution in [-0.4, -0.2) is 54.7 Å². The zero-order valence-electron chi connectivity index (χ0n) is 14.1. The van der Waals surface area contributed by atoms with Crippen LogP contribution < -0.4 is 10.6 Å². The fourth-order valence-electron chi connectivity index (χ4n) is 2.90. The van der Waals surface area contributed by atoms with Crippen molar-refractivity contribution >= 4 is 30.7 Å². The smallest absolute Gasteiger partial charge is 0.220 e. The van der Waals surface area contributed by atoms with Gasteiger partial charge in [0.15, 0.2) is 0 Å². The highest BCUT2D eigenvalue weighted by molar-refractivity contribution is 5.85. The molecule has 1 amide bonds. The third kappa shape index (κ3) is 7.81. The lowest BCUT2D eigenvalue weighted by atomic mass is 10.1. The van der Waals surface area contributed by atoms with Gasteiger partial charge >= 0.3 is 0 Å². The second kappa shape index (κ2) is 12.5. The van der Waals surface area contributed by atoms with Crippen LogP contribution in [0.1, 0.15) is 24.8 Å². The standard InChI is InChI=1S/C17H27N3O2.2ClH/c1-20-12-15(10-16(20)13-21)19-17(22)8-5-9-18-11-14-6-3-2-4-7-14;;/h2-4,6-7,15-16,18,21H,5,8-13H2,1H3,(H,19,22);2*1H/t15-,16+;;/m1../s1. The Kier molecular flexibility index (Phi) is 12.1. The third-order valence-electron chi connectivity index (χ3n) is 4.19. The molecule has 7 heteroatoms. The second-order valence-electron chi connectivity index (χ2n) is 6.04. The van der Waals surface area contributed by atoms with E-state index >= 15 is 0 Å². The van der Waals surface area contributed by atoms with Crippen molar-refractivity contribution in [1.82, 2.24) is 15.5 Å². The Morgan fingerprint density at radius 1 is 1.29 bits per heavy atom. The van der Waals surface area contributed by atoms with Crippen molar-refractivity contribution in [3.05, 3.63) is 35.9 Å². The highest BCUT2D eigenvalue weighted by atomic mass is 35.5. The van der Waals surface area contributed by atoms with Crippen LogP contribution >= 0.6 is 24.8 Å². The SMILES string of the molecule is CN1C[C@H](NC(=O)CCCNCc2ccccc2)C[C@H]1CO.Cl.Cl. The molecule has 24 heavy (non-hydrogen) atoms. The van der Waals surface area contributed by atoms with Gasteiger partial charge in [0.05, 0.1) is 6.61 Å². The molecule has 1 aliphatic rings. The van der Waals surface area contributed by atoms with E-state index in [2.05, 4.69) is 27.7 Å². The molecule has 0 radical (unpaired) electrons. The summed E-state index contributed by atoms with van der Waals surface area (Å²) in [5.41, 5.74) is 1.26. The van der Waals surface area contributed by atoms with E-state index in [-0.39, 0.29) is 49.4 Å². The van der Waals surface area contributed by atoms with Crippen molar-refractivity contribution in [1.29, 1.82) is 0 Å². The zero-order valence-corrected chi connectivity index (χ0v) is 15.7. The summed E-state index contributed by atoms with van der Waals surface area (Å²) in [4.78, 5) is 14.0. The summed E-state index contributed by atoms with van der Waals surface area (Å²) in [6.07, 6.45) is 2.22. The van der Waals surface area contributed by atoms with Gasteiger partial charge in [0, 0.05) is 31.6 Å². The predicted octanol–water partition coefficient (Wildman–Crippen LogP) is 1.58. The van der Waals surface area contributed by atoms with E-state index in [0.29, 0.717) is 6.42 Å². The summed E-state index contributed by atoms with van der Waals surface area (Å²) in [6, 6.07) is 10.6. The number of likely N-dealkylation sites (N-methyl/N-ethyl adjacent to an activating group) is 1. The summed E-state index contributed by atoms with van der Waals surface area (Å²) in [7, 11) is 1.99. The van der Waals surface area contributed by atoms with Crippen molar-refractivity contribution < 1.29 is 9.90 Å². The highest BCUT2D eigenvalue weighted by Crippen LogP contribution is 2.15. The van der Waals surface area contributed by atoms with Gasteiger partial charge in [-0.2, -0.15) is 0 Å². The molecule has 1 aromatic rings. The van der Waals surface area contributed by atoms with E-state index in [9.17, 15) is 9.90 Å². The molecule has 1 saturated heterocycles. The molecule has 0 bridgehead atoms. The number of rotatable bonds is 8. The number of hydrogen-bond donors (Lipinski definition) is 3. The summed E-state index contributed by atoms with van der Waals surface area (Å²) in [5, 5.41) is 15.6. The molecule has 3 N–H and O–H groups in total. The van der Waals surface area contributed by atoms with Gasteiger partial charge < -0.3 is 15.7 Å². The van der Waals surface area contributed by atoms with Crippen LogP contribution in [0.15, 0.2) is 30.3 Å². The average Bonchev–Trinajstić information content (AvgIpc) is 2.87. The number of carbonyl (C=O) groups is 1. The number of aliphatic hydroxyl groups is 1. The van der Waals surface area contributed by atoms with Gasteiger partial charge in [-0.05, 0) is 32.0 Å². The molecule has 2 rings (SSSR count). The van der Waals surface area contributed by atoms with E-state index < -0.39 is 0 Å². The van der Waals surface area contributed by atoms with Crippen LogP contribution in [0.25, 0.3) is 0 Å². The second-order valence-corrected chi connectivity index (χ2v) is 6.04. The molecule has 1 fully saturated rings. The van der Waals surface area contributed by atoms with Gasteiger partial charge in [0.25, 0.3) is 0 Å². The van der Waals surface area contributed by atoms with Crippen LogP contribution in [0.3, 0.4) is 0 Å². The Morgan fingerprint density at radius 2 is 2.00 bits per heavy atom. The first-order valence-electron chi connectivity index (χ1n) is 8.04. The van der Waals surface area contributed by atoms with Gasteiger partial charge in [-0.3, -0.25) is 9.69 Å². The number of benzene rings is 1. The van der Waals surface area contributed by atoms with Gasteiger partial charge in [0.1, 0.15) is 0 Å². The lowest BCUT2D eigenvalue weighted by molar-refractivity contribution is -0.121. The average molecular weight is 378 g/mol. The van der Waals surface area contributed by atoms with E-state index in [0.717, 1.165) is 32.5 Å². The molecular formula is C17H29Cl2N3O2. The number of amides is 1. The molecule has 5 nitrogen and oxygen atoms in total. The number of aliphatic hydroxyl groups excluding tert-OH is 1. The molecular weight excluding hydrogens is 349 g/mol. The third-order valence-corrected chi connectivity index (χ3v) is 4.19. The number of hydrogen-bond acceptors (Lipinski definition) is 4. The summed E-state index contributed by atoms with van der Waals surface area (Å²) in [6.45, 7) is 2.66. The fourth-order valence-corrected chi connectivity index (χ4v) is 2.90. The molecule has 0 saturated carbocycles. The minimum Gasteiger partial charge on any atom is -0.395 e. The number of halogens is 2. The quantitative estimate of drug-likeness (QED) is 0.601. The lowest BCUT2D eigenvalue weighted by Crippen LogP contribution is -2.36. The van der Waals surface area contributed by atoms with Crippen LogP contribution in [0.2, 0.25) is 0 Å². The van der Waals surface area contributed by atoms with Gasteiger partial charge in [0.2, 0.25) is 5.91 Å². The number of nitrogens with one attached hydrogen (secondary N) is 2. The van der Waals surface area contributed by atoms with E-state index in [1.54, 1.807) is 0 Å². The van der Waals surface area contributed by atoms with E-state index in [1.807, 2.05) is 25.2 Å². The van der Waals surface area contributed by atoms with Gasteiger partial charge in [-0.1, -0.05) is 30.3 Å². The molecule has 0 spiro atoms. The minimum absolute atomic E-state index is 0. The van der Waals surface area contributed by atoms with Crippen molar-refractivity contribution in [3.63, 3.8) is 0 Å². The molecule has 1 heterocycles. The fraction of sp³-hybridized carbons (Fsp3) is 0.588. The summed E-state index contributed by atoms with van der Waals surface area (Å²) >= 11 is 0. The van der Waals surface area contributed by atoms with Crippen molar-refractivity contribution in [2.45, 2.75) is 37.9 Å². The topological polar surface area (TPSA) is 64.6 Å². The number of likely N-dealkylation sites (tertiary alicyclic amines) is 1. The van der Waals surface area contributed by atoms with E-state index in [1.165, 1.54) is 5.56 Å². The Hall–Kier alpha value is -0.850. The van der Waals surface area contributed by atoms with Gasteiger partial charge in [-0.15, -0.1) is 24.8 Å². The van der Waals surface area contributed by atoms with Crippen molar-refractivity contribution in [2.24, 2.45) is 0 Å². The van der Waals surface area contributed by atoms with E-state index in [4.69, 9.17) is 0 Å². The molecule has 0 unspecified atom stereocenters. The maximum Gasteiger partial charge on any atom is 0.220 e. The normalized spacial score (nSPS) is 20.1. The molecule has 138 valence electrons. The number of nitrogens with zero attached hydrogens (tertiary/aromatic N) is 1. The lowest BCUT2D eigenvalue weighted by Gasteiger charge is -2.15. The van der Waals surface area contributed by atoms with Crippen LogP contribution in [0.4, 0.5) is 0 Å². The first kappa shape index (κ1) is 23.1. The zero-order chi connectivity index (χ0) is 15.8. The maximum absolute atomic E-state index is 11.9. The monoisotopic (exact) mass is 377 g/mol. The van der Waals surface area contributed by atoms with Gasteiger partial charge in [-0.25, -0.2) is 0 Å². The summed E-state index contributed by atoms with van der Waals surface area (Å²) < 4.78 is 0. The Labute approximate surface area is 157 Å². The maximum atomic E-state index is 11.9. The Morgan fingerprint density at radius 3 is 2.62 bits per heavy atom. The van der Waals surface area contributed by atoms with Crippen molar-refractivity contribution in [2.75, 3.05) is 26.7 Å². The van der Waals surface area contributed by atoms with Crippen LogP contribution in [0.5, 0.6) is 0 Å². The predicted molar refractivity (Wildman–Crippen MR) is 102 cm³/mol. The Bertz CT molecular complexity index is 462. The van der Waals surface area contributed by atoms with Crippen molar-refractivity contribution in [3.8, 4) is 0 Å². The minimum atomic E-state index is 0.